The predicted octanol–water partition coefficient (Wildman–Crippen LogP) is 1.15. The van der Waals surface area contributed by atoms with E-state index in [1.807, 2.05) is 6.07 Å². The highest BCUT2D eigenvalue weighted by molar-refractivity contribution is 7.91. The lowest BCUT2D eigenvalue weighted by Gasteiger charge is -2.16. The molecule has 1 heterocycles. The molecule has 19 heavy (non-hydrogen) atoms. The first-order valence-electron chi connectivity index (χ1n) is 5.69. The zero-order valence-electron chi connectivity index (χ0n) is 9.87. The van der Waals surface area contributed by atoms with Crippen LogP contribution >= 0.6 is 11.3 Å². The average molecular weight is 300 g/mol. The molecule has 0 aromatic carbocycles. The Balaban J connectivity index is 2.18. The fourth-order valence-corrected chi connectivity index (χ4v) is 4.61. The number of carbonyl (C=O) groups is 1. The number of nitrogens with one attached hydrogen (secondary N) is 1. The lowest BCUT2D eigenvalue weighted by atomic mass is 10.1. The Hall–Kier alpha value is -1.43. The van der Waals surface area contributed by atoms with Gasteiger partial charge in [-0.25, -0.2) is 13.1 Å². The number of hydrogen-bond donors (Lipinski definition) is 2. The summed E-state index contributed by atoms with van der Waals surface area (Å²) >= 11 is 0.874. The maximum atomic E-state index is 12.1. The summed E-state index contributed by atoms with van der Waals surface area (Å²) in [7, 11) is -3.75. The number of hydrogen-bond acceptors (Lipinski definition) is 5. The van der Waals surface area contributed by atoms with Crippen molar-refractivity contribution in [1.82, 2.24) is 4.72 Å². The number of carboxylic acid groups (broad SMARTS) is 1. The van der Waals surface area contributed by atoms with Crippen LogP contribution in [-0.2, 0) is 14.8 Å². The molecule has 0 radical (unpaired) electrons. The van der Waals surface area contributed by atoms with Gasteiger partial charge in [0.1, 0.15) is 15.2 Å². The summed E-state index contributed by atoms with van der Waals surface area (Å²) in [6, 6.07) is 4.09. The van der Waals surface area contributed by atoms with Crippen molar-refractivity contribution in [2.75, 3.05) is 0 Å². The largest absolute Gasteiger partial charge is 0.481 e. The van der Waals surface area contributed by atoms with Crippen molar-refractivity contribution in [3.8, 4) is 6.07 Å². The van der Waals surface area contributed by atoms with Crippen molar-refractivity contribution in [2.45, 2.75) is 29.5 Å². The van der Waals surface area contributed by atoms with Crippen molar-refractivity contribution in [2.24, 2.45) is 5.92 Å². The van der Waals surface area contributed by atoms with E-state index in [0.29, 0.717) is 24.1 Å². The van der Waals surface area contributed by atoms with Crippen LogP contribution in [0, 0.1) is 17.2 Å². The van der Waals surface area contributed by atoms with Crippen LogP contribution in [0.4, 0.5) is 0 Å². The molecule has 102 valence electrons. The van der Waals surface area contributed by atoms with Crippen LogP contribution in [0.1, 0.15) is 24.1 Å². The molecule has 1 saturated carbocycles. The van der Waals surface area contributed by atoms with Crippen molar-refractivity contribution in [3.63, 3.8) is 0 Å². The summed E-state index contributed by atoms with van der Waals surface area (Å²) in [5, 5.41) is 17.7. The Morgan fingerprint density at radius 3 is 2.79 bits per heavy atom. The Kier molecular flexibility index (Phi) is 3.89. The quantitative estimate of drug-likeness (QED) is 0.867. The predicted molar refractivity (Wildman–Crippen MR) is 68.1 cm³/mol. The molecule has 1 fully saturated rings. The highest BCUT2D eigenvalue weighted by Gasteiger charge is 2.36. The minimum atomic E-state index is -3.75. The Labute approximate surface area is 114 Å². The molecule has 0 saturated heterocycles. The van der Waals surface area contributed by atoms with Gasteiger partial charge in [-0.1, -0.05) is 6.42 Å². The number of aliphatic carboxylic acids is 1. The van der Waals surface area contributed by atoms with Crippen LogP contribution in [-0.4, -0.2) is 25.5 Å². The van der Waals surface area contributed by atoms with E-state index in [1.54, 1.807) is 0 Å². The molecule has 0 spiro atoms. The van der Waals surface area contributed by atoms with E-state index in [0.717, 1.165) is 11.3 Å². The summed E-state index contributed by atoms with van der Waals surface area (Å²) in [4.78, 5) is 11.3. The SMILES string of the molecule is N#Cc1ccc(S(=O)(=O)NC2CCCC2C(=O)O)s1. The number of nitrogens with zero attached hydrogens (tertiary/aromatic N) is 1. The van der Waals surface area contributed by atoms with Gasteiger partial charge in [0.15, 0.2) is 0 Å². The third-order valence-electron chi connectivity index (χ3n) is 3.10. The van der Waals surface area contributed by atoms with Gasteiger partial charge >= 0.3 is 5.97 Å². The second-order valence-electron chi connectivity index (χ2n) is 4.33. The highest BCUT2D eigenvalue weighted by atomic mass is 32.2. The first-order chi connectivity index (χ1) is 8.94. The lowest BCUT2D eigenvalue weighted by molar-refractivity contribution is -0.141. The molecular formula is C11H12N2O4S2. The van der Waals surface area contributed by atoms with Crippen molar-refractivity contribution < 1.29 is 18.3 Å². The molecule has 0 amide bonds. The van der Waals surface area contributed by atoms with E-state index in [1.165, 1.54) is 12.1 Å². The molecule has 0 bridgehead atoms. The molecule has 1 aromatic heterocycles. The normalized spacial score (nSPS) is 23.1. The molecule has 2 unspecified atom stereocenters. The Morgan fingerprint density at radius 2 is 2.21 bits per heavy atom. The minimum absolute atomic E-state index is 0.0417. The molecule has 1 aromatic rings. The van der Waals surface area contributed by atoms with Gasteiger partial charge in [0.25, 0.3) is 0 Å². The van der Waals surface area contributed by atoms with Crippen LogP contribution in [0.3, 0.4) is 0 Å². The third kappa shape index (κ3) is 2.94. The standard InChI is InChI=1S/C11H12N2O4S2/c12-6-7-4-5-10(18-7)19(16,17)13-9-3-1-2-8(9)11(14)15/h4-5,8-9,13H,1-3H2,(H,14,15). The Morgan fingerprint density at radius 1 is 1.47 bits per heavy atom. The number of thiophene rings is 1. The smallest absolute Gasteiger partial charge is 0.308 e. The monoisotopic (exact) mass is 300 g/mol. The van der Waals surface area contributed by atoms with Crippen LogP contribution in [0.2, 0.25) is 0 Å². The average Bonchev–Trinajstić information content (AvgIpc) is 2.95. The second kappa shape index (κ2) is 5.28. The number of nitriles is 1. The molecule has 1 aliphatic carbocycles. The van der Waals surface area contributed by atoms with E-state index in [-0.39, 0.29) is 4.21 Å². The fourth-order valence-electron chi connectivity index (χ4n) is 2.18. The zero-order chi connectivity index (χ0) is 14.0. The highest BCUT2D eigenvalue weighted by Crippen LogP contribution is 2.28. The summed E-state index contributed by atoms with van der Waals surface area (Å²) in [6.07, 6.45) is 1.70. The van der Waals surface area contributed by atoms with Gasteiger partial charge in [-0.2, -0.15) is 5.26 Å². The second-order valence-corrected chi connectivity index (χ2v) is 7.36. The first-order valence-corrected chi connectivity index (χ1v) is 7.99. The molecule has 8 heteroatoms. The molecular weight excluding hydrogens is 288 g/mol. The van der Waals surface area contributed by atoms with Crippen molar-refractivity contribution in [3.05, 3.63) is 17.0 Å². The first kappa shape index (κ1) is 14.0. The van der Waals surface area contributed by atoms with Gasteiger partial charge in [-0.3, -0.25) is 4.79 Å². The van der Waals surface area contributed by atoms with E-state index < -0.39 is 28.0 Å². The summed E-state index contributed by atoms with van der Waals surface area (Å²) < 4.78 is 26.6. The van der Waals surface area contributed by atoms with Crippen LogP contribution in [0.25, 0.3) is 0 Å². The van der Waals surface area contributed by atoms with E-state index in [9.17, 15) is 13.2 Å². The summed E-state index contributed by atoms with van der Waals surface area (Å²) in [5.74, 6) is -1.65. The molecule has 0 aliphatic heterocycles. The zero-order valence-corrected chi connectivity index (χ0v) is 11.5. The van der Waals surface area contributed by atoms with Crippen molar-refractivity contribution >= 4 is 27.3 Å². The van der Waals surface area contributed by atoms with Gasteiger partial charge in [0.05, 0.1) is 5.92 Å². The molecule has 1 aliphatic rings. The van der Waals surface area contributed by atoms with E-state index in [2.05, 4.69) is 4.72 Å². The van der Waals surface area contributed by atoms with Gasteiger partial charge in [0, 0.05) is 6.04 Å². The van der Waals surface area contributed by atoms with Crippen LogP contribution in [0.5, 0.6) is 0 Å². The van der Waals surface area contributed by atoms with Gasteiger partial charge in [-0.05, 0) is 25.0 Å². The maximum absolute atomic E-state index is 12.1. The topological polar surface area (TPSA) is 107 Å². The number of sulfonamides is 1. The molecule has 2 atom stereocenters. The van der Waals surface area contributed by atoms with Crippen molar-refractivity contribution in [1.29, 1.82) is 5.26 Å². The molecule has 2 rings (SSSR count). The third-order valence-corrected chi connectivity index (χ3v) is 6.07. The van der Waals surface area contributed by atoms with Gasteiger partial charge < -0.3 is 5.11 Å². The van der Waals surface area contributed by atoms with Crippen LogP contribution in [0.15, 0.2) is 16.3 Å². The number of carboxylic acids is 1. The Bertz CT molecular complexity index is 629. The summed E-state index contributed by atoms with van der Waals surface area (Å²) in [5.41, 5.74) is 0. The maximum Gasteiger partial charge on any atom is 0.308 e. The van der Waals surface area contributed by atoms with Gasteiger partial charge in [-0.15, -0.1) is 11.3 Å². The molecule has 2 N–H and O–H groups in total. The lowest BCUT2D eigenvalue weighted by Crippen LogP contribution is -2.39. The summed E-state index contributed by atoms with van der Waals surface area (Å²) in [6.45, 7) is 0. The van der Waals surface area contributed by atoms with E-state index >= 15 is 0 Å². The minimum Gasteiger partial charge on any atom is -0.481 e. The number of rotatable bonds is 4. The van der Waals surface area contributed by atoms with Gasteiger partial charge in [0.2, 0.25) is 10.0 Å². The van der Waals surface area contributed by atoms with Crippen LogP contribution < -0.4 is 4.72 Å². The van der Waals surface area contributed by atoms with E-state index in [4.69, 9.17) is 10.4 Å². The molecule has 6 nitrogen and oxygen atoms in total. The fraction of sp³-hybridized carbons (Fsp3) is 0.455.